The lowest BCUT2D eigenvalue weighted by molar-refractivity contribution is 0.423. The van der Waals surface area contributed by atoms with Crippen molar-refractivity contribution in [2.75, 3.05) is 18.0 Å². The van der Waals surface area contributed by atoms with E-state index in [0.717, 1.165) is 30.1 Å². The summed E-state index contributed by atoms with van der Waals surface area (Å²) in [5.74, 6) is 1.59. The highest BCUT2D eigenvalue weighted by Crippen LogP contribution is 2.31. The van der Waals surface area contributed by atoms with E-state index in [1.54, 1.807) is 11.3 Å². The highest BCUT2D eigenvalue weighted by molar-refractivity contribution is 7.14. The average molecular weight is 231 g/mol. The van der Waals surface area contributed by atoms with Crippen LogP contribution < -0.4 is 4.90 Å². The van der Waals surface area contributed by atoms with Gasteiger partial charge in [-0.3, -0.25) is 0 Å². The Morgan fingerprint density at radius 2 is 2.43 bits per heavy atom. The molecule has 4 heteroatoms. The Kier molecular flexibility index (Phi) is 2.98. The summed E-state index contributed by atoms with van der Waals surface area (Å²) < 4.78 is 0. The first-order valence-electron chi connectivity index (χ1n) is 5.03. The fourth-order valence-electron chi connectivity index (χ4n) is 1.90. The van der Waals surface area contributed by atoms with Crippen LogP contribution in [0, 0.1) is 11.8 Å². The Hall–Kier alpha value is -0.280. The fourth-order valence-corrected chi connectivity index (χ4v) is 2.88. The van der Waals surface area contributed by atoms with E-state index >= 15 is 0 Å². The molecule has 0 amide bonds. The summed E-state index contributed by atoms with van der Waals surface area (Å²) in [6, 6.07) is 0. The largest absolute Gasteiger partial charge is 0.348 e. The molecule has 1 fully saturated rings. The molecule has 0 N–H and O–H groups in total. The van der Waals surface area contributed by atoms with E-state index in [-0.39, 0.29) is 0 Å². The van der Waals surface area contributed by atoms with Crippen LogP contribution in [0.3, 0.4) is 0 Å². The molecule has 1 saturated heterocycles. The third kappa shape index (κ3) is 2.04. The molecule has 1 aliphatic heterocycles. The summed E-state index contributed by atoms with van der Waals surface area (Å²) in [6.45, 7) is 6.86. The van der Waals surface area contributed by atoms with Gasteiger partial charge < -0.3 is 4.90 Å². The van der Waals surface area contributed by atoms with Gasteiger partial charge in [0, 0.05) is 18.5 Å². The standard InChI is InChI=1S/C10H15ClN2S/c1-7(2)8-3-4-13(5-8)10-12-9(11)6-14-10/h6-8H,3-5H2,1-2H3. The zero-order valence-corrected chi connectivity index (χ0v) is 10.1. The number of hydrogen-bond acceptors (Lipinski definition) is 3. The molecule has 78 valence electrons. The summed E-state index contributed by atoms with van der Waals surface area (Å²) in [5.41, 5.74) is 0. The van der Waals surface area contributed by atoms with Crippen molar-refractivity contribution in [3.05, 3.63) is 10.5 Å². The van der Waals surface area contributed by atoms with Crippen molar-refractivity contribution in [3.8, 4) is 0 Å². The lowest BCUT2D eigenvalue weighted by Crippen LogP contribution is -2.20. The normalized spacial score (nSPS) is 22.3. The van der Waals surface area contributed by atoms with Crippen LogP contribution in [-0.4, -0.2) is 18.1 Å². The molecule has 2 heterocycles. The number of aromatic nitrogens is 1. The molecule has 14 heavy (non-hydrogen) atoms. The lowest BCUT2D eigenvalue weighted by atomic mass is 9.95. The van der Waals surface area contributed by atoms with Crippen LogP contribution in [0.5, 0.6) is 0 Å². The van der Waals surface area contributed by atoms with Gasteiger partial charge >= 0.3 is 0 Å². The fraction of sp³-hybridized carbons (Fsp3) is 0.700. The van der Waals surface area contributed by atoms with Crippen LogP contribution in [0.2, 0.25) is 5.15 Å². The van der Waals surface area contributed by atoms with Gasteiger partial charge in [-0.2, -0.15) is 0 Å². The van der Waals surface area contributed by atoms with Crippen LogP contribution in [0.4, 0.5) is 5.13 Å². The maximum absolute atomic E-state index is 5.81. The monoisotopic (exact) mass is 230 g/mol. The van der Waals surface area contributed by atoms with E-state index in [4.69, 9.17) is 11.6 Å². The quantitative estimate of drug-likeness (QED) is 0.775. The number of nitrogens with zero attached hydrogens (tertiary/aromatic N) is 2. The first kappa shape index (κ1) is 10.2. The molecule has 1 atom stereocenters. The van der Waals surface area contributed by atoms with Crippen molar-refractivity contribution in [1.82, 2.24) is 4.98 Å². The SMILES string of the molecule is CC(C)C1CCN(c2nc(Cl)cs2)C1. The minimum absolute atomic E-state index is 0.623. The average Bonchev–Trinajstić information content (AvgIpc) is 2.70. The highest BCUT2D eigenvalue weighted by atomic mass is 35.5. The number of rotatable bonds is 2. The molecule has 0 spiro atoms. The summed E-state index contributed by atoms with van der Waals surface area (Å²) >= 11 is 7.45. The molecule has 1 aromatic rings. The van der Waals surface area contributed by atoms with Crippen LogP contribution in [0.25, 0.3) is 0 Å². The van der Waals surface area contributed by atoms with E-state index in [1.165, 1.54) is 6.42 Å². The number of anilines is 1. The summed E-state index contributed by atoms with van der Waals surface area (Å²) in [4.78, 5) is 6.64. The Balaban J connectivity index is 2.02. The van der Waals surface area contributed by atoms with Gasteiger partial charge in [-0.05, 0) is 18.3 Å². The predicted molar refractivity (Wildman–Crippen MR) is 62.3 cm³/mol. The molecule has 0 aromatic carbocycles. The molecule has 1 unspecified atom stereocenters. The van der Waals surface area contributed by atoms with Crippen LogP contribution in [0.15, 0.2) is 5.38 Å². The van der Waals surface area contributed by atoms with Crippen molar-refractivity contribution in [3.63, 3.8) is 0 Å². The van der Waals surface area contributed by atoms with Gasteiger partial charge in [0.25, 0.3) is 0 Å². The molecule has 0 aliphatic carbocycles. The van der Waals surface area contributed by atoms with Crippen LogP contribution >= 0.6 is 22.9 Å². The van der Waals surface area contributed by atoms with Crippen molar-refractivity contribution >= 4 is 28.1 Å². The molecule has 1 aliphatic rings. The van der Waals surface area contributed by atoms with Crippen LogP contribution in [-0.2, 0) is 0 Å². The number of thiazole rings is 1. The lowest BCUT2D eigenvalue weighted by Gasteiger charge is -2.16. The van der Waals surface area contributed by atoms with Gasteiger partial charge in [-0.25, -0.2) is 4.98 Å². The molecular weight excluding hydrogens is 216 g/mol. The van der Waals surface area contributed by atoms with E-state index in [1.807, 2.05) is 5.38 Å². The molecule has 2 rings (SSSR count). The minimum atomic E-state index is 0.623. The summed E-state index contributed by atoms with van der Waals surface area (Å²) in [6.07, 6.45) is 1.29. The second-order valence-electron chi connectivity index (χ2n) is 4.19. The Bertz CT molecular complexity index is 311. The molecule has 1 aromatic heterocycles. The smallest absolute Gasteiger partial charge is 0.186 e. The van der Waals surface area contributed by atoms with Gasteiger partial charge in [0.2, 0.25) is 0 Å². The zero-order valence-electron chi connectivity index (χ0n) is 8.53. The number of hydrogen-bond donors (Lipinski definition) is 0. The molecular formula is C10H15ClN2S. The molecule has 0 bridgehead atoms. The van der Waals surface area contributed by atoms with E-state index < -0.39 is 0 Å². The third-order valence-corrected chi connectivity index (χ3v) is 4.13. The van der Waals surface area contributed by atoms with Gasteiger partial charge in [0.15, 0.2) is 5.13 Å². The highest BCUT2D eigenvalue weighted by Gasteiger charge is 2.26. The van der Waals surface area contributed by atoms with Gasteiger partial charge in [-0.15, -0.1) is 11.3 Å². The Morgan fingerprint density at radius 1 is 1.64 bits per heavy atom. The molecule has 0 saturated carbocycles. The molecule has 2 nitrogen and oxygen atoms in total. The van der Waals surface area contributed by atoms with E-state index in [0.29, 0.717) is 5.15 Å². The topological polar surface area (TPSA) is 16.1 Å². The van der Waals surface area contributed by atoms with Gasteiger partial charge in [-0.1, -0.05) is 25.4 Å². The molecule has 0 radical (unpaired) electrons. The van der Waals surface area contributed by atoms with Crippen molar-refractivity contribution in [2.24, 2.45) is 11.8 Å². The predicted octanol–water partition coefficient (Wildman–Crippen LogP) is 3.28. The third-order valence-electron chi connectivity index (χ3n) is 2.90. The minimum Gasteiger partial charge on any atom is -0.348 e. The first-order chi connectivity index (χ1) is 6.66. The van der Waals surface area contributed by atoms with Crippen molar-refractivity contribution in [1.29, 1.82) is 0 Å². The second kappa shape index (κ2) is 4.07. The second-order valence-corrected chi connectivity index (χ2v) is 5.42. The summed E-state index contributed by atoms with van der Waals surface area (Å²) in [5, 5.41) is 3.61. The Labute approximate surface area is 93.9 Å². The summed E-state index contributed by atoms with van der Waals surface area (Å²) in [7, 11) is 0. The van der Waals surface area contributed by atoms with Gasteiger partial charge in [0.05, 0.1) is 0 Å². The van der Waals surface area contributed by atoms with Gasteiger partial charge in [0.1, 0.15) is 5.15 Å². The maximum Gasteiger partial charge on any atom is 0.186 e. The first-order valence-corrected chi connectivity index (χ1v) is 6.28. The van der Waals surface area contributed by atoms with E-state index in [9.17, 15) is 0 Å². The number of halogens is 1. The van der Waals surface area contributed by atoms with E-state index in [2.05, 4.69) is 23.7 Å². The Morgan fingerprint density at radius 3 is 2.93 bits per heavy atom. The van der Waals surface area contributed by atoms with Crippen LogP contribution in [0.1, 0.15) is 20.3 Å². The zero-order chi connectivity index (χ0) is 10.1. The van der Waals surface area contributed by atoms with Crippen molar-refractivity contribution < 1.29 is 0 Å². The van der Waals surface area contributed by atoms with Crippen molar-refractivity contribution in [2.45, 2.75) is 20.3 Å². The maximum atomic E-state index is 5.81.